The molecule has 5 nitrogen and oxygen atoms in total. The van der Waals surface area contributed by atoms with Gasteiger partial charge in [-0.15, -0.1) is 0 Å². The first-order valence-electron chi connectivity index (χ1n) is 12.1. The number of fused-ring (bicyclic) bond motifs is 1. The van der Waals surface area contributed by atoms with E-state index in [1.165, 1.54) is 5.56 Å². The van der Waals surface area contributed by atoms with E-state index in [0.717, 1.165) is 42.9 Å². The van der Waals surface area contributed by atoms with E-state index >= 15 is 0 Å². The molecule has 6 heteroatoms. The molecule has 0 unspecified atom stereocenters. The summed E-state index contributed by atoms with van der Waals surface area (Å²) in [6.45, 7) is 5.77. The Morgan fingerprint density at radius 3 is 2.26 bits per heavy atom. The summed E-state index contributed by atoms with van der Waals surface area (Å²) >= 11 is 6.03. The van der Waals surface area contributed by atoms with Gasteiger partial charge in [-0.1, -0.05) is 72.3 Å². The van der Waals surface area contributed by atoms with Gasteiger partial charge in [0.15, 0.2) is 0 Å². The molecule has 0 radical (unpaired) electrons. The highest BCUT2D eigenvalue weighted by atomic mass is 35.5. The van der Waals surface area contributed by atoms with Crippen molar-refractivity contribution < 1.29 is 9.59 Å². The summed E-state index contributed by atoms with van der Waals surface area (Å²) in [5.41, 5.74) is 4.06. The molecule has 0 aromatic heterocycles. The fourth-order valence-electron chi connectivity index (χ4n) is 4.57. The highest BCUT2D eigenvalue weighted by Gasteiger charge is 2.22. The van der Waals surface area contributed by atoms with E-state index in [1.807, 2.05) is 64.4 Å². The minimum atomic E-state index is 0.0188. The zero-order chi connectivity index (χ0) is 24.6. The van der Waals surface area contributed by atoms with Gasteiger partial charge in [0.25, 0.3) is 0 Å². The maximum absolute atomic E-state index is 13.5. The van der Waals surface area contributed by atoms with E-state index in [2.05, 4.69) is 29.2 Å². The first kappa shape index (κ1) is 25.0. The van der Waals surface area contributed by atoms with Crippen LogP contribution in [0.4, 0.5) is 5.69 Å². The van der Waals surface area contributed by atoms with E-state index in [1.54, 1.807) is 6.92 Å². The number of para-hydroxylation sites is 1. The van der Waals surface area contributed by atoms with Crippen LogP contribution in [0, 0.1) is 0 Å². The molecular formula is C29H32ClN3O2. The van der Waals surface area contributed by atoms with Crippen molar-refractivity contribution in [3.8, 4) is 0 Å². The van der Waals surface area contributed by atoms with E-state index in [0.29, 0.717) is 31.1 Å². The maximum Gasteiger partial charge on any atom is 0.227 e. The van der Waals surface area contributed by atoms with Crippen molar-refractivity contribution in [3.63, 3.8) is 0 Å². The molecule has 1 heterocycles. The normalized spacial score (nSPS) is 15.3. The number of benzene rings is 3. The molecular weight excluding hydrogens is 458 g/mol. The molecule has 0 saturated carbocycles. The van der Waals surface area contributed by atoms with Crippen LogP contribution in [-0.4, -0.2) is 47.8 Å². The first-order chi connectivity index (χ1) is 17.0. The lowest BCUT2D eigenvalue weighted by atomic mass is 10.1. The molecule has 0 bridgehead atoms. The number of amides is 2. The summed E-state index contributed by atoms with van der Waals surface area (Å²) in [4.78, 5) is 32.2. The number of hydrogen-bond donors (Lipinski definition) is 0. The SMILES string of the molecule is CC(=O)N1CCCN(Cc2ccccc2)CCN(C(=O)Cc2ccc(Cl)cc2)Cc2ccccc21. The summed E-state index contributed by atoms with van der Waals surface area (Å²) in [5, 5.41) is 0.659. The third kappa shape index (κ3) is 6.93. The Morgan fingerprint density at radius 2 is 1.51 bits per heavy atom. The van der Waals surface area contributed by atoms with E-state index in [9.17, 15) is 9.59 Å². The summed E-state index contributed by atoms with van der Waals surface area (Å²) in [5.74, 6) is 0.0840. The zero-order valence-corrected chi connectivity index (χ0v) is 21.0. The average molecular weight is 490 g/mol. The second-order valence-corrected chi connectivity index (χ2v) is 9.47. The summed E-state index contributed by atoms with van der Waals surface area (Å²) in [6, 6.07) is 25.8. The Bertz CT molecular complexity index is 1130. The van der Waals surface area contributed by atoms with Crippen molar-refractivity contribution in [1.82, 2.24) is 9.80 Å². The Balaban J connectivity index is 1.61. The number of nitrogens with zero attached hydrogens (tertiary/aromatic N) is 3. The lowest BCUT2D eigenvalue weighted by Crippen LogP contribution is -2.39. The van der Waals surface area contributed by atoms with Crippen LogP contribution in [0.3, 0.4) is 0 Å². The third-order valence-electron chi connectivity index (χ3n) is 6.44. The van der Waals surface area contributed by atoms with Crippen LogP contribution in [0.1, 0.15) is 30.0 Å². The van der Waals surface area contributed by atoms with Crippen LogP contribution < -0.4 is 4.90 Å². The minimum Gasteiger partial charge on any atom is -0.337 e. The molecule has 1 aliphatic rings. The predicted molar refractivity (Wildman–Crippen MR) is 141 cm³/mol. The molecule has 0 saturated heterocycles. The number of carbonyl (C=O) groups is 2. The third-order valence-corrected chi connectivity index (χ3v) is 6.69. The molecule has 0 fully saturated rings. The van der Waals surface area contributed by atoms with Crippen LogP contribution in [-0.2, 0) is 29.1 Å². The Kier molecular flexibility index (Phi) is 8.56. The van der Waals surface area contributed by atoms with Gasteiger partial charge in [-0.2, -0.15) is 0 Å². The molecule has 0 spiro atoms. The van der Waals surface area contributed by atoms with E-state index in [-0.39, 0.29) is 11.8 Å². The molecule has 1 aliphatic heterocycles. The van der Waals surface area contributed by atoms with Gasteiger partial charge < -0.3 is 9.80 Å². The van der Waals surface area contributed by atoms with Crippen LogP contribution in [0.5, 0.6) is 0 Å². The van der Waals surface area contributed by atoms with Crippen molar-refractivity contribution in [3.05, 3.63) is 101 Å². The minimum absolute atomic E-state index is 0.0188. The number of carbonyl (C=O) groups excluding carboxylic acids is 2. The fraction of sp³-hybridized carbons (Fsp3) is 0.310. The first-order valence-corrected chi connectivity index (χ1v) is 12.5. The Hall–Kier alpha value is -3.15. The van der Waals surface area contributed by atoms with Gasteiger partial charge in [0, 0.05) is 56.9 Å². The van der Waals surface area contributed by atoms with Gasteiger partial charge in [-0.25, -0.2) is 0 Å². The van der Waals surface area contributed by atoms with Crippen LogP contribution in [0.2, 0.25) is 5.02 Å². The molecule has 4 rings (SSSR count). The molecule has 0 atom stereocenters. The smallest absolute Gasteiger partial charge is 0.227 e. The number of anilines is 1. The van der Waals surface area contributed by atoms with Crippen molar-refractivity contribution in [2.24, 2.45) is 0 Å². The van der Waals surface area contributed by atoms with Gasteiger partial charge in [0.1, 0.15) is 0 Å². The van der Waals surface area contributed by atoms with Crippen LogP contribution >= 0.6 is 11.6 Å². The standard InChI is InChI=1S/C29H32ClN3O2/c1-23(34)33-17-7-16-31(21-25-8-3-2-4-9-25)18-19-32(22-26-10-5-6-11-28(26)33)29(35)20-24-12-14-27(30)15-13-24/h2-6,8-15H,7,16-22H2,1H3. The number of hydrogen-bond acceptors (Lipinski definition) is 3. The zero-order valence-electron chi connectivity index (χ0n) is 20.2. The van der Waals surface area contributed by atoms with Crippen molar-refractivity contribution in [1.29, 1.82) is 0 Å². The second-order valence-electron chi connectivity index (χ2n) is 9.03. The van der Waals surface area contributed by atoms with Gasteiger partial charge in [-0.05, 0) is 41.3 Å². The van der Waals surface area contributed by atoms with Crippen LogP contribution in [0.15, 0.2) is 78.9 Å². The average Bonchev–Trinajstić information content (AvgIpc) is 2.89. The van der Waals surface area contributed by atoms with Crippen LogP contribution in [0.25, 0.3) is 0 Å². The molecule has 0 N–H and O–H groups in total. The highest BCUT2D eigenvalue weighted by molar-refractivity contribution is 6.30. The van der Waals surface area contributed by atoms with Gasteiger partial charge in [0.05, 0.1) is 6.42 Å². The van der Waals surface area contributed by atoms with Gasteiger partial charge in [-0.3, -0.25) is 14.5 Å². The number of rotatable bonds is 4. The van der Waals surface area contributed by atoms with Crippen molar-refractivity contribution in [2.75, 3.05) is 31.1 Å². The van der Waals surface area contributed by atoms with E-state index in [4.69, 9.17) is 11.6 Å². The molecule has 182 valence electrons. The topological polar surface area (TPSA) is 43.9 Å². The number of halogens is 1. The lowest BCUT2D eigenvalue weighted by molar-refractivity contribution is -0.131. The quantitative estimate of drug-likeness (QED) is 0.507. The highest BCUT2D eigenvalue weighted by Crippen LogP contribution is 2.24. The summed E-state index contributed by atoms with van der Waals surface area (Å²) in [7, 11) is 0. The lowest BCUT2D eigenvalue weighted by Gasteiger charge is -2.28. The maximum atomic E-state index is 13.5. The molecule has 0 aliphatic carbocycles. The summed E-state index contributed by atoms with van der Waals surface area (Å²) < 4.78 is 0. The summed E-state index contributed by atoms with van der Waals surface area (Å²) in [6.07, 6.45) is 1.17. The van der Waals surface area contributed by atoms with Gasteiger partial charge in [0.2, 0.25) is 11.8 Å². The Labute approximate surface area is 212 Å². The molecule has 3 aromatic carbocycles. The van der Waals surface area contributed by atoms with Crippen molar-refractivity contribution in [2.45, 2.75) is 32.9 Å². The van der Waals surface area contributed by atoms with E-state index < -0.39 is 0 Å². The second kappa shape index (κ2) is 12.0. The Morgan fingerprint density at radius 1 is 0.800 bits per heavy atom. The molecule has 2 amide bonds. The van der Waals surface area contributed by atoms with Crippen molar-refractivity contribution >= 4 is 29.1 Å². The fourth-order valence-corrected chi connectivity index (χ4v) is 4.69. The molecule has 35 heavy (non-hydrogen) atoms. The molecule has 3 aromatic rings. The largest absolute Gasteiger partial charge is 0.337 e. The predicted octanol–water partition coefficient (Wildman–Crippen LogP) is 5.17. The monoisotopic (exact) mass is 489 g/mol. The van der Waals surface area contributed by atoms with Gasteiger partial charge >= 0.3 is 0 Å².